The first-order valence-corrected chi connectivity index (χ1v) is 8.13. The Morgan fingerprint density at radius 2 is 2.00 bits per heavy atom. The molecule has 0 radical (unpaired) electrons. The molecule has 3 atom stereocenters. The highest BCUT2D eigenvalue weighted by Crippen LogP contribution is 2.35. The van der Waals surface area contributed by atoms with E-state index in [1.807, 2.05) is 18.7 Å². The third-order valence-electron chi connectivity index (χ3n) is 4.80. The molecular formula is C18H28N2O. The average Bonchev–Trinajstić information content (AvgIpc) is 2.53. The van der Waals surface area contributed by atoms with Crippen molar-refractivity contribution in [1.82, 2.24) is 4.90 Å². The number of benzene rings is 1. The second-order valence-corrected chi connectivity index (χ2v) is 6.53. The number of piperidine rings is 1. The standard InChI is InChI=1S/C18H28N2O/c1-4-14-12-20(18(21)17(19)13(2)3)11-10-16(14)15-8-6-5-7-9-15/h5-9,13-14,16-17H,4,10-12,19H2,1-3H3/t14?,16?,17-/m0/s1. The first kappa shape index (κ1) is 16.0. The van der Waals surface area contributed by atoms with Crippen molar-refractivity contribution >= 4 is 5.91 Å². The van der Waals surface area contributed by atoms with Gasteiger partial charge >= 0.3 is 0 Å². The molecule has 21 heavy (non-hydrogen) atoms. The van der Waals surface area contributed by atoms with Crippen LogP contribution in [-0.2, 0) is 4.79 Å². The van der Waals surface area contributed by atoms with Crippen LogP contribution in [-0.4, -0.2) is 29.9 Å². The molecular weight excluding hydrogens is 260 g/mol. The van der Waals surface area contributed by atoms with Gasteiger partial charge in [0.05, 0.1) is 6.04 Å². The van der Waals surface area contributed by atoms with E-state index in [0.717, 1.165) is 25.9 Å². The molecule has 1 fully saturated rings. The summed E-state index contributed by atoms with van der Waals surface area (Å²) in [7, 11) is 0. The Kier molecular flexibility index (Phi) is 5.40. The fourth-order valence-electron chi connectivity index (χ4n) is 3.28. The van der Waals surface area contributed by atoms with Crippen molar-refractivity contribution in [3.8, 4) is 0 Å². The van der Waals surface area contributed by atoms with Crippen molar-refractivity contribution in [1.29, 1.82) is 0 Å². The highest BCUT2D eigenvalue weighted by molar-refractivity contribution is 5.82. The number of likely N-dealkylation sites (tertiary alicyclic amines) is 1. The zero-order chi connectivity index (χ0) is 15.4. The SMILES string of the molecule is CCC1CN(C(=O)[C@@H](N)C(C)C)CCC1c1ccccc1. The lowest BCUT2D eigenvalue weighted by Crippen LogP contribution is -2.51. The molecule has 1 heterocycles. The topological polar surface area (TPSA) is 46.3 Å². The summed E-state index contributed by atoms with van der Waals surface area (Å²) in [5, 5.41) is 0. The first-order chi connectivity index (χ1) is 10.0. The van der Waals surface area contributed by atoms with Crippen LogP contribution < -0.4 is 5.73 Å². The van der Waals surface area contributed by atoms with Crippen LogP contribution in [0.2, 0.25) is 0 Å². The van der Waals surface area contributed by atoms with Gasteiger partial charge in [0.1, 0.15) is 0 Å². The first-order valence-electron chi connectivity index (χ1n) is 8.13. The number of nitrogens with zero attached hydrogens (tertiary/aromatic N) is 1. The van der Waals surface area contributed by atoms with Gasteiger partial charge in [0, 0.05) is 13.1 Å². The Morgan fingerprint density at radius 3 is 2.57 bits per heavy atom. The van der Waals surface area contributed by atoms with E-state index < -0.39 is 0 Å². The molecule has 0 aliphatic carbocycles. The fraction of sp³-hybridized carbons (Fsp3) is 0.611. The zero-order valence-electron chi connectivity index (χ0n) is 13.5. The maximum Gasteiger partial charge on any atom is 0.239 e. The Labute approximate surface area is 128 Å². The number of nitrogens with two attached hydrogens (primary N) is 1. The van der Waals surface area contributed by atoms with Crippen molar-refractivity contribution in [2.75, 3.05) is 13.1 Å². The summed E-state index contributed by atoms with van der Waals surface area (Å²) in [4.78, 5) is 14.4. The molecule has 3 nitrogen and oxygen atoms in total. The van der Waals surface area contributed by atoms with Gasteiger partial charge in [0.2, 0.25) is 5.91 Å². The predicted octanol–water partition coefficient (Wildman–Crippen LogP) is 3.01. The third kappa shape index (κ3) is 3.65. The van der Waals surface area contributed by atoms with E-state index in [0.29, 0.717) is 11.8 Å². The van der Waals surface area contributed by atoms with Gasteiger partial charge in [-0.15, -0.1) is 0 Å². The minimum absolute atomic E-state index is 0.120. The van der Waals surface area contributed by atoms with Gasteiger partial charge in [0.25, 0.3) is 0 Å². The largest absolute Gasteiger partial charge is 0.341 e. The minimum Gasteiger partial charge on any atom is -0.341 e. The second-order valence-electron chi connectivity index (χ2n) is 6.53. The molecule has 3 heteroatoms. The minimum atomic E-state index is -0.365. The number of amides is 1. The van der Waals surface area contributed by atoms with E-state index in [-0.39, 0.29) is 17.9 Å². The molecule has 1 aromatic rings. The van der Waals surface area contributed by atoms with Crippen LogP contribution in [0.5, 0.6) is 0 Å². The quantitative estimate of drug-likeness (QED) is 0.925. The van der Waals surface area contributed by atoms with E-state index in [2.05, 4.69) is 37.3 Å². The Morgan fingerprint density at radius 1 is 1.33 bits per heavy atom. The average molecular weight is 288 g/mol. The summed E-state index contributed by atoms with van der Waals surface area (Å²) in [6.45, 7) is 7.91. The second kappa shape index (κ2) is 7.08. The molecule has 0 aromatic heterocycles. The summed E-state index contributed by atoms with van der Waals surface area (Å²) in [6.07, 6.45) is 2.14. The molecule has 1 aromatic carbocycles. The van der Waals surface area contributed by atoms with Crippen LogP contribution in [0.25, 0.3) is 0 Å². The summed E-state index contributed by atoms with van der Waals surface area (Å²) in [6, 6.07) is 10.3. The molecule has 1 aliphatic rings. The molecule has 0 saturated carbocycles. The molecule has 2 N–H and O–H groups in total. The maximum absolute atomic E-state index is 12.4. The predicted molar refractivity (Wildman–Crippen MR) is 87.0 cm³/mol. The van der Waals surface area contributed by atoms with Gasteiger partial charge in [-0.2, -0.15) is 0 Å². The molecule has 0 bridgehead atoms. The number of carbonyl (C=O) groups is 1. The van der Waals surface area contributed by atoms with E-state index in [1.165, 1.54) is 5.56 Å². The molecule has 1 amide bonds. The molecule has 0 spiro atoms. The molecule has 116 valence electrons. The maximum atomic E-state index is 12.4. The third-order valence-corrected chi connectivity index (χ3v) is 4.80. The van der Waals surface area contributed by atoms with Crippen molar-refractivity contribution in [3.05, 3.63) is 35.9 Å². The lowest BCUT2D eigenvalue weighted by Gasteiger charge is -2.40. The van der Waals surface area contributed by atoms with Crippen molar-refractivity contribution in [3.63, 3.8) is 0 Å². The summed E-state index contributed by atoms with van der Waals surface area (Å²) >= 11 is 0. The monoisotopic (exact) mass is 288 g/mol. The summed E-state index contributed by atoms with van der Waals surface area (Å²) < 4.78 is 0. The highest BCUT2D eigenvalue weighted by Gasteiger charge is 2.33. The Hall–Kier alpha value is -1.35. The van der Waals surface area contributed by atoms with Crippen LogP contribution in [0, 0.1) is 11.8 Å². The van der Waals surface area contributed by atoms with Crippen LogP contribution >= 0.6 is 0 Å². The number of hydrogen-bond acceptors (Lipinski definition) is 2. The molecule has 1 saturated heterocycles. The van der Waals surface area contributed by atoms with Crippen LogP contribution in [0.1, 0.15) is 45.1 Å². The van der Waals surface area contributed by atoms with Crippen LogP contribution in [0.3, 0.4) is 0 Å². The van der Waals surface area contributed by atoms with Gasteiger partial charge in [-0.3, -0.25) is 4.79 Å². The molecule has 2 rings (SSSR count). The Balaban J connectivity index is 2.07. The smallest absolute Gasteiger partial charge is 0.239 e. The highest BCUT2D eigenvalue weighted by atomic mass is 16.2. The van der Waals surface area contributed by atoms with Crippen LogP contribution in [0.4, 0.5) is 0 Å². The fourth-order valence-corrected chi connectivity index (χ4v) is 3.28. The van der Waals surface area contributed by atoms with Gasteiger partial charge in [-0.05, 0) is 29.7 Å². The van der Waals surface area contributed by atoms with E-state index >= 15 is 0 Å². The van der Waals surface area contributed by atoms with Gasteiger partial charge in [-0.25, -0.2) is 0 Å². The van der Waals surface area contributed by atoms with Crippen molar-refractivity contribution in [2.24, 2.45) is 17.6 Å². The van der Waals surface area contributed by atoms with Gasteiger partial charge < -0.3 is 10.6 Å². The Bertz CT molecular complexity index is 458. The zero-order valence-corrected chi connectivity index (χ0v) is 13.5. The van der Waals surface area contributed by atoms with Crippen molar-refractivity contribution in [2.45, 2.75) is 45.6 Å². The molecule has 2 unspecified atom stereocenters. The number of hydrogen-bond donors (Lipinski definition) is 1. The van der Waals surface area contributed by atoms with E-state index in [4.69, 9.17) is 5.73 Å². The normalized spacial score (nSPS) is 24.1. The van der Waals surface area contributed by atoms with Gasteiger partial charge in [-0.1, -0.05) is 57.5 Å². The van der Waals surface area contributed by atoms with E-state index in [9.17, 15) is 4.79 Å². The summed E-state index contributed by atoms with van der Waals surface area (Å²) in [5.74, 6) is 1.42. The van der Waals surface area contributed by atoms with Crippen molar-refractivity contribution < 1.29 is 4.79 Å². The molecule has 1 aliphatic heterocycles. The van der Waals surface area contributed by atoms with E-state index in [1.54, 1.807) is 0 Å². The lowest BCUT2D eigenvalue weighted by atomic mass is 9.79. The number of rotatable bonds is 4. The van der Waals surface area contributed by atoms with Crippen LogP contribution in [0.15, 0.2) is 30.3 Å². The lowest BCUT2D eigenvalue weighted by molar-refractivity contribution is -0.135. The number of carbonyl (C=O) groups excluding carboxylic acids is 1. The summed E-state index contributed by atoms with van der Waals surface area (Å²) in [5.41, 5.74) is 7.44. The van der Waals surface area contributed by atoms with Gasteiger partial charge in [0.15, 0.2) is 0 Å².